The van der Waals surface area contributed by atoms with Gasteiger partial charge < -0.3 is 5.32 Å². The molecule has 1 N–H and O–H groups in total. The molecular formula is C13H20FNOS. The molecule has 0 aliphatic heterocycles. The van der Waals surface area contributed by atoms with E-state index in [1.165, 1.54) is 6.07 Å². The summed E-state index contributed by atoms with van der Waals surface area (Å²) in [6.07, 6.45) is 0.819. The lowest BCUT2D eigenvalue weighted by molar-refractivity contribution is 0.501. The molecule has 0 radical (unpaired) electrons. The number of benzene rings is 1. The van der Waals surface area contributed by atoms with E-state index in [0.717, 1.165) is 6.42 Å². The molecule has 2 nitrogen and oxygen atoms in total. The number of nitrogens with one attached hydrogen (secondary N) is 1. The Balaban J connectivity index is 2.55. The normalized spacial score (nSPS) is 14.5. The van der Waals surface area contributed by atoms with E-state index in [2.05, 4.69) is 5.32 Å². The van der Waals surface area contributed by atoms with E-state index in [-0.39, 0.29) is 11.9 Å². The molecule has 2 unspecified atom stereocenters. The van der Waals surface area contributed by atoms with Gasteiger partial charge in [-0.15, -0.1) is 0 Å². The third-order valence-corrected chi connectivity index (χ3v) is 4.03. The zero-order valence-electron chi connectivity index (χ0n) is 10.4. The molecule has 1 aromatic rings. The second-order valence-corrected chi connectivity index (χ2v) is 5.73. The van der Waals surface area contributed by atoms with Crippen LogP contribution in [0.15, 0.2) is 24.3 Å². The zero-order valence-corrected chi connectivity index (χ0v) is 11.2. The van der Waals surface area contributed by atoms with Gasteiger partial charge in [0, 0.05) is 40.5 Å². The fraction of sp³-hybridized carbons (Fsp3) is 0.538. The Bertz CT molecular complexity index is 370. The van der Waals surface area contributed by atoms with Crippen molar-refractivity contribution in [1.29, 1.82) is 0 Å². The van der Waals surface area contributed by atoms with Crippen molar-refractivity contribution in [2.75, 3.05) is 18.1 Å². The first kappa shape index (κ1) is 14.3. The van der Waals surface area contributed by atoms with Gasteiger partial charge in [-0.25, -0.2) is 4.39 Å². The van der Waals surface area contributed by atoms with Crippen molar-refractivity contribution in [2.24, 2.45) is 0 Å². The molecule has 0 saturated carbocycles. The first-order valence-electron chi connectivity index (χ1n) is 6.01. The van der Waals surface area contributed by atoms with Crippen molar-refractivity contribution in [3.8, 4) is 0 Å². The SMILES string of the molecule is CCC(NCCS(=O)CC)c1ccccc1F. The van der Waals surface area contributed by atoms with Crippen LogP contribution in [0.2, 0.25) is 0 Å². The van der Waals surface area contributed by atoms with Crippen LogP contribution in [0.25, 0.3) is 0 Å². The minimum atomic E-state index is -0.763. The predicted molar refractivity (Wildman–Crippen MR) is 71.0 cm³/mol. The summed E-state index contributed by atoms with van der Waals surface area (Å²) >= 11 is 0. The second-order valence-electron chi connectivity index (χ2n) is 3.87. The molecule has 0 aliphatic carbocycles. The molecule has 0 fully saturated rings. The fourth-order valence-electron chi connectivity index (χ4n) is 1.72. The van der Waals surface area contributed by atoms with Gasteiger partial charge in [0.25, 0.3) is 0 Å². The molecule has 0 saturated heterocycles. The summed E-state index contributed by atoms with van der Waals surface area (Å²) < 4.78 is 24.9. The molecule has 1 aromatic carbocycles. The van der Waals surface area contributed by atoms with Crippen LogP contribution in [0.4, 0.5) is 4.39 Å². The van der Waals surface area contributed by atoms with Crippen LogP contribution in [-0.4, -0.2) is 22.3 Å². The van der Waals surface area contributed by atoms with E-state index in [9.17, 15) is 8.60 Å². The van der Waals surface area contributed by atoms with Crippen molar-refractivity contribution in [1.82, 2.24) is 5.32 Å². The topological polar surface area (TPSA) is 29.1 Å². The van der Waals surface area contributed by atoms with E-state index >= 15 is 0 Å². The minimum Gasteiger partial charge on any atom is -0.309 e. The minimum absolute atomic E-state index is 0.00468. The van der Waals surface area contributed by atoms with Gasteiger partial charge >= 0.3 is 0 Å². The molecule has 4 heteroatoms. The van der Waals surface area contributed by atoms with Crippen LogP contribution >= 0.6 is 0 Å². The Morgan fingerprint density at radius 2 is 2.06 bits per heavy atom. The number of halogens is 1. The molecule has 0 aromatic heterocycles. The average Bonchev–Trinajstić information content (AvgIpc) is 2.35. The smallest absolute Gasteiger partial charge is 0.127 e. The van der Waals surface area contributed by atoms with E-state index in [1.807, 2.05) is 19.9 Å². The van der Waals surface area contributed by atoms with Gasteiger partial charge in [0.1, 0.15) is 5.82 Å². The lowest BCUT2D eigenvalue weighted by Gasteiger charge is -2.17. The molecule has 0 spiro atoms. The fourth-order valence-corrected chi connectivity index (χ4v) is 2.36. The van der Waals surface area contributed by atoms with E-state index in [4.69, 9.17) is 0 Å². The van der Waals surface area contributed by atoms with E-state index in [1.54, 1.807) is 12.1 Å². The number of hydrogen-bond donors (Lipinski definition) is 1. The molecule has 1 rings (SSSR count). The molecular weight excluding hydrogens is 237 g/mol. The monoisotopic (exact) mass is 257 g/mol. The van der Waals surface area contributed by atoms with Crippen LogP contribution in [0, 0.1) is 5.82 Å². The summed E-state index contributed by atoms with van der Waals surface area (Å²) in [6, 6.07) is 6.81. The zero-order chi connectivity index (χ0) is 12.7. The molecule has 17 heavy (non-hydrogen) atoms. The summed E-state index contributed by atoms with van der Waals surface area (Å²) in [4.78, 5) is 0. The predicted octanol–water partition coefficient (Wildman–Crippen LogP) is 2.64. The van der Waals surface area contributed by atoms with Crippen LogP contribution in [-0.2, 0) is 10.8 Å². The first-order chi connectivity index (χ1) is 8.19. The van der Waals surface area contributed by atoms with Gasteiger partial charge in [0.05, 0.1) is 0 Å². The molecule has 0 bridgehead atoms. The lowest BCUT2D eigenvalue weighted by atomic mass is 10.0. The Morgan fingerprint density at radius 3 is 2.65 bits per heavy atom. The van der Waals surface area contributed by atoms with Crippen LogP contribution in [0.3, 0.4) is 0 Å². The van der Waals surface area contributed by atoms with Crippen molar-refractivity contribution >= 4 is 10.8 Å². The summed E-state index contributed by atoms with van der Waals surface area (Å²) in [5, 5.41) is 3.26. The van der Waals surface area contributed by atoms with Gasteiger partial charge in [-0.05, 0) is 12.5 Å². The largest absolute Gasteiger partial charge is 0.309 e. The Kier molecular flexibility index (Phi) is 6.37. The summed E-state index contributed by atoms with van der Waals surface area (Å²) in [5.41, 5.74) is 0.692. The molecule has 96 valence electrons. The highest BCUT2D eigenvalue weighted by molar-refractivity contribution is 7.84. The molecule has 0 amide bonds. The highest BCUT2D eigenvalue weighted by atomic mass is 32.2. The van der Waals surface area contributed by atoms with Crippen molar-refractivity contribution < 1.29 is 8.60 Å². The van der Waals surface area contributed by atoms with Gasteiger partial charge in [-0.3, -0.25) is 4.21 Å². The van der Waals surface area contributed by atoms with Gasteiger partial charge in [0.2, 0.25) is 0 Å². The summed E-state index contributed by atoms with van der Waals surface area (Å²) in [7, 11) is -0.763. The summed E-state index contributed by atoms with van der Waals surface area (Å²) in [5.74, 6) is 1.13. The van der Waals surface area contributed by atoms with E-state index in [0.29, 0.717) is 23.6 Å². The second kappa shape index (κ2) is 7.56. The Morgan fingerprint density at radius 1 is 1.35 bits per heavy atom. The number of hydrogen-bond acceptors (Lipinski definition) is 2. The van der Waals surface area contributed by atoms with Crippen LogP contribution in [0.1, 0.15) is 31.9 Å². The third kappa shape index (κ3) is 4.56. The molecule has 0 aliphatic rings. The maximum absolute atomic E-state index is 13.6. The summed E-state index contributed by atoms with van der Waals surface area (Å²) in [6.45, 7) is 4.58. The molecule has 2 atom stereocenters. The standard InChI is InChI=1S/C13H20FNOS/c1-3-13(15-9-10-17(16)4-2)11-7-5-6-8-12(11)14/h5-8,13,15H,3-4,9-10H2,1-2H3. The lowest BCUT2D eigenvalue weighted by Crippen LogP contribution is -2.26. The third-order valence-electron chi connectivity index (χ3n) is 2.73. The van der Waals surface area contributed by atoms with Crippen molar-refractivity contribution in [2.45, 2.75) is 26.3 Å². The number of rotatable bonds is 7. The molecule has 0 heterocycles. The van der Waals surface area contributed by atoms with E-state index < -0.39 is 10.8 Å². The van der Waals surface area contributed by atoms with Gasteiger partial charge in [0.15, 0.2) is 0 Å². The highest BCUT2D eigenvalue weighted by Gasteiger charge is 2.12. The highest BCUT2D eigenvalue weighted by Crippen LogP contribution is 2.19. The maximum atomic E-state index is 13.6. The average molecular weight is 257 g/mol. The van der Waals surface area contributed by atoms with Crippen molar-refractivity contribution in [3.05, 3.63) is 35.6 Å². The quantitative estimate of drug-likeness (QED) is 0.813. The van der Waals surface area contributed by atoms with Crippen molar-refractivity contribution in [3.63, 3.8) is 0 Å². The van der Waals surface area contributed by atoms with Gasteiger partial charge in [-0.1, -0.05) is 32.0 Å². The Labute approximate surface area is 105 Å². The van der Waals surface area contributed by atoms with Crippen LogP contribution in [0.5, 0.6) is 0 Å². The maximum Gasteiger partial charge on any atom is 0.127 e. The van der Waals surface area contributed by atoms with Gasteiger partial charge in [-0.2, -0.15) is 0 Å². The first-order valence-corrected chi connectivity index (χ1v) is 7.50. The Hall–Kier alpha value is -0.740. The van der Waals surface area contributed by atoms with Crippen LogP contribution < -0.4 is 5.32 Å².